The lowest BCUT2D eigenvalue weighted by Gasteiger charge is -2.42. The van der Waals surface area contributed by atoms with E-state index in [0.717, 1.165) is 17.5 Å². The van der Waals surface area contributed by atoms with Gasteiger partial charge in [0.15, 0.2) is 0 Å². The summed E-state index contributed by atoms with van der Waals surface area (Å²) in [6.45, 7) is 8.34. The van der Waals surface area contributed by atoms with Crippen molar-refractivity contribution in [2.75, 3.05) is 13.2 Å². The molecular weight excluding hydrogens is 435 g/mol. The minimum absolute atomic E-state index is 0.0477. The number of ether oxygens (including phenoxy) is 2. The van der Waals surface area contributed by atoms with E-state index in [1.165, 1.54) is 17.7 Å². The number of rotatable bonds is 3. The predicted molar refractivity (Wildman–Crippen MR) is 127 cm³/mol. The number of alkyl carbamates (subject to hydrolysis) is 1. The average molecular weight is 469 g/mol. The highest BCUT2D eigenvalue weighted by Gasteiger charge is 2.40. The largest absolute Gasteiger partial charge is 0.444 e. The number of carbonyl (C=O) groups excluding carboxylic acids is 2. The third-order valence-electron chi connectivity index (χ3n) is 6.44. The number of benzene rings is 2. The van der Waals surface area contributed by atoms with Crippen LogP contribution < -0.4 is 5.32 Å². The molecule has 1 N–H and O–H groups in total. The summed E-state index contributed by atoms with van der Waals surface area (Å²) in [5.74, 6) is -0.385. The van der Waals surface area contributed by atoms with Gasteiger partial charge in [0.1, 0.15) is 17.5 Å². The molecule has 0 bridgehead atoms. The molecule has 182 valence electrons. The quantitative estimate of drug-likeness (QED) is 0.714. The number of hydrogen-bond donors (Lipinski definition) is 1. The second-order valence-corrected chi connectivity index (χ2v) is 10.2. The van der Waals surface area contributed by atoms with Crippen LogP contribution in [-0.4, -0.2) is 47.8 Å². The second kappa shape index (κ2) is 9.74. The van der Waals surface area contributed by atoms with Gasteiger partial charge in [0.2, 0.25) is 0 Å². The van der Waals surface area contributed by atoms with Crippen molar-refractivity contribution in [2.24, 2.45) is 5.92 Å². The normalized spacial score (nSPS) is 24.8. The Morgan fingerprint density at radius 2 is 1.82 bits per heavy atom. The monoisotopic (exact) mass is 468 g/mol. The van der Waals surface area contributed by atoms with Crippen LogP contribution in [0.25, 0.3) is 0 Å². The Hall–Kier alpha value is -2.93. The Kier molecular flexibility index (Phi) is 6.94. The fourth-order valence-corrected chi connectivity index (χ4v) is 4.74. The highest BCUT2D eigenvalue weighted by Crippen LogP contribution is 2.36. The van der Waals surface area contributed by atoms with Gasteiger partial charge in [0.05, 0.1) is 12.6 Å². The van der Waals surface area contributed by atoms with Crippen LogP contribution in [0.1, 0.15) is 56.8 Å². The van der Waals surface area contributed by atoms with Crippen LogP contribution in [0.5, 0.6) is 0 Å². The molecule has 2 heterocycles. The second-order valence-electron chi connectivity index (χ2n) is 10.2. The van der Waals surface area contributed by atoms with E-state index in [1.807, 2.05) is 50.8 Å². The first kappa shape index (κ1) is 24.2. The van der Waals surface area contributed by atoms with Gasteiger partial charge >= 0.3 is 6.09 Å². The number of nitrogens with zero attached hydrogens (tertiary/aromatic N) is 1. The summed E-state index contributed by atoms with van der Waals surface area (Å²) in [6, 6.07) is 13.8. The van der Waals surface area contributed by atoms with Crippen LogP contribution >= 0.6 is 0 Å². The Labute approximate surface area is 200 Å². The Balaban J connectivity index is 1.55. The topological polar surface area (TPSA) is 67.9 Å². The number of hydrogen-bond acceptors (Lipinski definition) is 4. The lowest BCUT2D eigenvalue weighted by atomic mass is 9.87. The molecule has 1 fully saturated rings. The van der Waals surface area contributed by atoms with Crippen molar-refractivity contribution >= 4 is 12.0 Å². The van der Waals surface area contributed by atoms with E-state index < -0.39 is 17.8 Å². The molecule has 34 heavy (non-hydrogen) atoms. The van der Waals surface area contributed by atoms with Gasteiger partial charge in [-0.05, 0) is 61.9 Å². The van der Waals surface area contributed by atoms with E-state index in [1.54, 1.807) is 12.1 Å². The summed E-state index contributed by atoms with van der Waals surface area (Å²) in [6.07, 6.45) is -0.0616. The number of nitrogens with one attached hydrogen (secondary N) is 1. The first-order valence-corrected chi connectivity index (χ1v) is 11.9. The van der Waals surface area contributed by atoms with Crippen molar-refractivity contribution in [3.05, 3.63) is 71.0 Å². The van der Waals surface area contributed by atoms with Crippen LogP contribution in [0.2, 0.25) is 0 Å². The zero-order valence-electron chi connectivity index (χ0n) is 20.2. The molecule has 2 aliphatic rings. The van der Waals surface area contributed by atoms with Gasteiger partial charge in [-0.15, -0.1) is 0 Å². The fraction of sp³-hybridized carbons (Fsp3) is 0.481. The highest BCUT2D eigenvalue weighted by molar-refractivity contribution is 5.82. The molecule has 2 aliphatic heterocycles. The first-order valence-electron chi connectivity index (χ1n) is 11.9. The van der Waals surface area contributed by atoms with Gasteiger partial charge in [-0.25, -0.2) is 9.18 Å². The smallest absolute Gasteiger partial charge is 0.407 e. The van der Waals surface area contributed by atoms with Crippen molar-refractivity contribution in [1.82, 2.24) is 10.2 Å². The highest BCUT2D eigenvalue weighted by atomic mass is 19.1. The molecule has 0 spiro atoms. The number of carbonyl (C=O) groups is 2. The van der Waals surface area contributed by atoms with Crippen LogP contribution in [0.4, 0.5) is 9.18 Å². The minimum atomic E-state index is -0.677. The van der Waals surface area contributed by atoms with Crippen LogP contribution in [-0.2, 0) is 20.7 Å². The molecular formula is C27H33FN2O4. The zero-order valence-corrected chi connectivity index (χ0v) is 20.2. The summed E-state index contributed by atoms with van der Waals surface area (Å²) in [5, 5.41) is 2.92. The molecule has 6 nitrogen and oxygen atoms in total. The third kappa shape index (κ3) is 5.41. The molecule has 0 aromatic heterocycles. The van der Waals surface area contributed by atoms with E-state index >= 15 is 0 Å². The maximum atomic E-state index is 13.8. The molecule has 4 rings (SSSR count). The van der Waals surface area contributed by atoms with Crippen molar-refractivity contribution in [2.45, 2.75) is 64.3 Å². The Morgan fingerprint density at radius 3 is 2.53 bits per heavy atom. The van der Waals surface area contributed by atoms with E-state index in [2.05, 4.69) is 11.4 Å². The number of halogens is 1. The molecule has 0 saturated carbocycles. The summed E-state index contributed by atoms with van der Waals surface area (Å²) in [7, 11) is 0. The predicted octanol–water partition coefficient (Wildman–Crippen LogP) is 4.62. The van der Waals surface area contributed by atoms with Crippen LogP contribution in [0, 0.1) is 11.7 Å². The maximum absolute atomic E-state index is 13.8. The average Bonchev–Trinajstić information content (AvgIpc) is 2.79. The van der Waals surface area contributed by atoms with E-state index in [9.17, 15) is 14.0 Å². The van der Waals surface area contributed by atoms with Crippen molar-refractivity contribution in [1.29, 1.82) is 0 Å². The first-order chi connectivity index (χ1) is 16.1. The van der Waals surface area contributed by atoms with Crippen LogP contribution in [0.3, 0.4) is 0 Å². The van der Waals surface area contributed by atoms with Gasteiger partial charge < -0.3 is 19.7 Å². The minimum Gasteiger partial charge on any atom is -0.444 e. The van der Waals surface area contributed by atoms with Crippen LogP contribution in [0.15, 0.2) is 48.5 Å². The SMILES string of the molecule is C[C@@H]1CO[C@@H](C(=O)N2CCc3ccccc3[C@@H]2c2ccc(F)cc2)C[C@@H]1NC(=O)OC(C)(C)C. The molecule has 4 atom stereocenters. The van der Waals surface area contributed by atoms with Gasteiger partial charge in [-0.1, -0.05) is 43.3 Å². The van der Waals surface area contributed by atoms with Gasteiger partial charge in [0, 0.05) is 19.0 Å². The molecule has 0 unspecified atom stereocenters. The molecule has 0 radical (unpaired) electrons. The standard InChI is InChI=1S/C27H33FN2O4/c1-17-16-33-23(15-22(17)29-26(32)34-27(2,3)4)25(31)30-14-13-18-7-5-6-8-21(18)24(30)19-9-11-20(28)12-10-19/h5-12,17,22-24H,13-16H2,1-4H3,(H,29,32)/t17-,22+,23-,24+/m1/s1. The van der Waals surface area contributed by atoms with Gasteiger partial charge in [-0.3, -0.25) is 4.79 Å². The molecule has 2 aromatic carbocycles. The lowest BCUT2D eigenvalue weighted by Crippen LogP contribution is -2.54. The van der Waals surface area contributed by atoms with E-state index in [-0.39, 0.29) is 29.7 Å². The summed E-state index contributed by atoms with van der Waals surface area (Å²) >= 11 is 0. The van der Waals surface area contributed by atoms with Gasteiger partial charge in [-0.2, -0.15) is 0 Å². The van der Waals surface area contributed by atoms with Gasteiger partial charge in [0.25, 0.3) is 5.91 Å². The fourth-order valence-electron chi connectivity index (χ4n) is 4.74. The molecule has 2 aromatic rings. The van der Waals surface area contributed by atoms with E-state index in [4.69, 9.17) is 9.47 Å². The lowest BCUT2D eigenvalue weighted by molar-refractivity contribution is -0.151. The molecule has 0 aliphatic carbocycles. The Morgan fingerprint density at radius 1 is 1.12 bits per heavy atom. The Bertz CT molecular complexity index is 1030. The molecule has 7 heteroatoms. The van der Waals surface area contributed by atoms with Crippen molar-refractivity contribution in [3.8, 4) is 0 Å². The summed E-state index contributed by atoms with van der Waals surface area (Å²) in [4.78, 5) is 27.9. The number of fused-ring (bicyclic) bond motifs is 1. The third-order valence-corrected chi connectivity index (χ3v) is 6.44. The summed E-state index contributed by atoms with van der Waals surface area (Å²) in [5.41, 5.74) is 2.48. The summed E-state index contributed by atoms with van der Waals surface area (Å²) < 4.78 is 25.0. The van der Waals surface area contributed by atoms with Crippen molar-refractivity contribution < 1.29 is 23.5 Å². The molecule has 1 saturated heterocycles. The van der Waals surface area contributed by atoms with E-state index in [0.29, 0.717) is 19.6 Å². The van der Waals surface area contributed by atoms with Crippen molar-refractivity contribution in [3.63, 3.8) is 0 Å². The zero-order chi connectivity index (χ0) is 24.5. The number of amides is 2. The molecule has 2 amide bonds. The maximum Gasteiger partial charge on any atom is 0.407 e.